The van der Waals surface area contributed by atoms with Crippen LogP contribution in [0.5, 0.6) is 11.5 Å². The molecule has 0 heterocycles. The minimum absolute atomic E-state index is 0.287. The maximum atomic E-state index is 12.9. The predicted molar refractivity (Wildman–Crippen MR) is 120 cm³/mol. The van der Waals surface area contributed by atoms with Gasteiger partial charge in [0.25, 0.3) is 0 Å². The molecule has 7 nitrogen and oxygen atoms in total. The van der Waals surface area contributed by atoms with E-state index in [-0.39, 0.29) is 5.69 Å². The molecule has 0 saturated heterocycles. The lowest BCUT2D eigenvalue weighted by Gasteiger charge is -2.11. The molecular weight excluding hydrogens is 437 g/mol. The number of nitrogens with one attached hydrogen (secondary N) is 2. The molecule has 0 aliphatic heterocycles. The van der Waals surface area contributed by atoms with Gasteiger partial charge in [-0.25, -0.2) is 9.82 Å². The number of benzene rings is 3. The summed E-state index contributed by atoms with van der Waals surface area (Å²) in [5.41, 5.74) is 3.97. The third kappa shape index (κ3) is 6.55. The van der Waals surface area contributed by atoms with Crippen LogP contribution in [-0.2, 0) is 16.2 Å². The Morgan fingerprint density at radius 2 is 1.72 bits per heavy atom. The Kier molecular flexibility index (Phi) is 7.77. The number of ether oxygens (including phenoxy) is 2. The molecule has 3 aromatic rings. The average molecular weight is 456 g/mol. The molecule has 0 aliphatic carbocycles. The van der Waals surface area contributed by atoms with Gasteiger partial charge >= 0.3 is 11.8 Å². The number of nitrogens with zero attached hydrogens (tertiary/aromatic N) is 1. The molecule has 0 aromatic heterocycles. The second-order valence-electron chi connectivity index (χ2n) is 6.49. The van der Waals surface area contributed by atoms with Gasteiger partial charge in [-0.15, -0.1) is 0 Å². The third-order valence-corrected chi connectivity index (χ3v) is 4.44. The summed E-state index contributed by atoms with van der Waals surface area (Å²) in [6.07, 6.45) is 1.36. The Balaban J connectivity index is 1.55. The molecule has 164 valence electrons. The number of amides is 2. The molecule has 0 spiro atoms. The first-order valence-electron chi connectivity index (χ1n) is 9.40. The van der Waals surface area contributed by atoms with Crippen LogP contribution in [0.2, 0.25) is 5.02 Å². The number of anilines is 1. The van der Waals surface area contributed by atoms with Gasteiger partial charge in [-0.05, 0) is 65.7 Å². The first-order chi connectivity index (χ1) is 15.4. The van der Waals surface area contributed by atoms with Gasteiger partial charge in [0.2, 0.25) is 0 Å². The van der Waals surface area contributed by atoms with Crippen molar-refractivity contribution in [2.24, 2.45) is 5.10 Å². The normalized spacial score (nSPS) is 10.6. The summed E-state index contributed by atoms with van der Waals surface area (Å²) >= 11 is 5.88. The molecule has 0 radical (unpaired) electrons. The zero-order chi connectivity index (χ0) is 22.9. The summed E-state index contributed by atoms with van der Waals surface area (Å²) in [7, 11) is 1.51. The summed E-state index contributed by atoms with van der Waals surface area (Å²) in [5.74, 6) is -1.35. The molecular formula is C23H19ClFN3O4. The molecule has 2 amide bonds. The quantitative estimate of drug-likeness (QED) is 0.318. The number of carbonyl (C=O) groups excluding carboxylic acids is 2. The third-order valence-electron chi connectivity index (χ3n) is 4.18. The molecule has 0 atom stereocenters. The summed E-state index contributed by atoms with van der Waals surface area (Å²) in [5, 5.41) is 6.76. The van der Waals surface area contributed by atoms with E-state index in [1.165, 1.54) is 37.6 Å². The highest BCUT2D eigenvalue weighted by atomic mass is 35.5. The van der Waals surface area contributed by atoms with Crippen molar-refractivity contribution in [3.05, 3.63) is 88.7 Å². The van der Waals surface area contributed by atoms with E-state index < -0.39 is 17.6 Å². The lowest BCUT2D eigenvalue weighted by Crippen LogP contribution is -2.32. The molecule has 32 heavy (non-hydrogen) atoms. The van der Waals surface area contributed by atoms with Gasteiger partial charge in [0.15, 0.2) is 11.5 Å². The number of halogens is 2. The Hall–Kier alpha value is -3.91. The second kappa shape index (κ2) is 10.9. The van der Waals surface area contributed by atoms with Crippen molar-refractivity contribution < 1.29 is 23.5 Å². The van der Waals surface area contributed by atoms with E-state index >= 15 is 0 Å². The first kappa shape index (κ1) is 22.8. The Morgan fingerprint density at radius 3 is 2.41 bits per heavy atom. The van der Waals surface area contributed by atoms with Crippen molar-refractivity contribution in [2.75, 3.05) is 12.4 Å². The minimum atomic E-state index is -0.972. The molecule has 9 heteroatoms. The molecule has 0 saturated carbocycles. The molecule has 0 bridgehead atoms. The van der Waals surface area contributed by atoms with Crippen LogP contribution >= 0.6 is 11.6 Å². The van der Waals surface area contributed by atoms with Gasteiger partial charge in [0.1, 0.15) is 12.4 Å². The van der Waals surface area contributed by atoms with Gasteiger partial charge < -0.3 is 14.8 Å². The summed E-state index contributed by atoms with van der Waals surface area (Å²) in [4.78, 5) is 23.7. The van der Waals surface area contributed by atoms with E-state index in [1.807, 2.05) is 12.1 Å². The highest BCUT2D eigenvalue weighted by Crippen LogP contribution is 2.28. The molecule has 0 unspecified atom stereocenters. The lowest BCUT2D eigenvalue weighted by atomic mass is 10.2. The Labute approximate surface area is 188 Å². The van der Waals surface area contributed by atoms with E-state index in [0.29, 0.717) is 28.7 Å². The second-order valence-corrected chi connectivity index (χ2v) is 6.92. The number of methoxy groups -OCH3 is 1. The molecule has 3 aromatic carbocycles. The number of hydrogen-bond donors (Lipinski definition) is 2. The minimum Gasteiger partial charge on any atom is -0.493 e. The molecule has 0 fully saturated rings. The average Bonchev–Trinajstić information content (AvgIpc) is 2.80. The van der Waals surface area contributed by atoms with Crippen LogP contribution in [0.3, 0.4) is 0 Å². The van der Waals surface area contributed by atoms with Crippen molar-refractivity contribution >= 4 is 35.3 Å². The fraction of sp³-hybridized carbons (Fsp3) is 0.0870. The zero-order valence-electron chi connectivity index (χ0n) is 17.0. The topological polar surface area (TPSA) is 89.0 Å². The Bertz CT molecular complexity index is 1120. The van der Waals surface area contributed by atoms with Crippen LogP contribution < -0.4 is 20.2 Å². The van der Waals surface area contributed by atoms with Crippen molar-refractivity contribution in [1.29, 1.82) is 0 Å². The van der Waals surface area contributed by atoms with E-state index in [0.717, 1.165) is 5.56 Å². The maximum Gasteiger partial charge on any atom is 0.329 e. The van der Waals surface area contributed by atoms with E-state index in [1.54, 1.807) is 30.3 Å². The maximum absolute atomic E-state index is 12.9. The number of hydrazone groups is 1. The van der Waals surface area contributed by atoms with Crippen LogP contribution in [0.25, 0.3) is 0 Å². The summed E-state index contributed by atoms with van der Waals surface area (Å²) in [6.45, 7) is 0.334. The largest absolute Gasteiger partial charge is 0.493 e. The van der Waals surface area contributed by atoms with Gasteiger partial charge in [-0.1, -0.05) is 23.7 Å². The van der Waals surface area contributed by atoms with Crippen molar-refractivity contribution in [2.45, 2.75) is 6.61 Å². The number of carbonyl (C=O) groups is 2. The summed E-state index contributed by atoms with van der Waals surface area (Å²) in [6, 6.07) is 17.4. The predicted octanol–water partition coefficient (Wildman–Crippen LogP) is 4.16. The molecule has 3 rings (SSSR count). The van der Waals surface area contributed by atoms with E-state index in [4.69, 9.17) is 21.1 Å². The SMILES string of the molecule is COc1cc(C=NNC(=O)C(=O)Nc2ccc(F)cc2)ccc1OCc1ccc(Cl)cc1. The first-order valence-corrected chi connectivity index (χ1v) is 9.77. The highest BCUT2D eigenvalue weighted by molar-refractivity contribution is 6.39. The van der Waals surface area contributed by atoms with E-state index in [9.17, 15) is 14.0 Å². The summed E-state index contributed by atoms with van der Waals surface area (Å²) < 4.78 is 24.0. The van der Waals surface area contributed by atoms with Gasteiger partial charge in [-0.2, -0.15) is 5.10 Å². The fourth-order valence-corrected chi connectivity index (χ4v) is 2.69. The molecule has 2 N–H and O–H groups in total. The van der Waals surface area contributed by atoms with Gasteiger partial charge in [0, 0.05) is 10.7 Å². The number of hydrogen-bond acceptors (Lipinski definition) is 5. The zero-order valence-corrected chi connectivity index (χ0v) is 17.7. The monoisotopic (exact) mass is 455 g/mol. The molecule has 0 aliphatic rings. The smallest absolute Gasteiger partial charge is 0.329 e. The van der Waals surface area contributed by atoms with Crippen molar-refractivity contribution in [3.63, 3.8) is 0 Å². The van der Waals surface area contributed by atoms with Crippen LogP contribution in [0.1, 0.15) is 11.1 Å². The Morgan fingerprint density at radius 1 is 1.00 bits per heavy atom. The van der Waals surface area contributed by atoms with Gasteiger partial charge in [-0.3, -0.25) is 9.59 Å². The standard InChI is InChI=1S/C23H19ClFN3O4/c1-31-21-12-16(4-11-20(21)32-14-15-2-5-17(24)6-3-15)13-26-28-23(30)22(29)27-19-9-7-18(25)8-10-19/h2-13H,14H2,1H3,(H,27,29)(H,28,30). The van der Waals surface area contributed by atoms with Crippen LogP contribution in [-0.4, -0.2) is 25.1 Å². The van der Waals surface area contributed by atoms with E-state index in [2.05, 4.69) is 15.8 Å². The van der Waals surface area contributed by atoms with Crippen molar-refractivity contribution in [1.82, 2.24) is 5.43 Å². The van der Waals surface area contributed by atoms with Crippen molar-refractivity contribution in [3.8, 4) is 11.5 Å². The van der Waals surface area contributed by atoms with Crippen LogP contribution in [0, 0.1) is 5.82 Å². The van der Waals surface area contributed by atoms with Crippen LogP contribution in [0.4, 0.5) is 10.1 Å². The fourth-order valence-electron chi connectivity index (χ4n) is 2.56. The number of rotatable bonds is 7. The van der Waals surface area contributed by atoms with Crippen LogP contribution in [0.15, 0.2) is 71.8 Å². The highest BCUT2D eigenvalue weighted by Gasteiger charge is 2.13. The van der Waals surface area contributed by atoms with Gasteiger partial charge in [0.05, 0.1) is 13.3 Å². The lowest BCUT2D eigenvalue weighted by molar-refractivity contribution is -0.136.